The number of aromatic nitrogens is 2. The third-order valence-electron chi connectivity index (χ3n) is 5.56. The Kier molecular flexibility index (Phi) is 4.66. The molecule has 0 radical (unpaired) electrons. The molecule has 0 spiro atoms. The number of carbonyl (C=O) groups is 1. The SMILES string of the molecule is CC(=O)N[C@@H]1CN(c2nccc(C3CCCC3)n2)C[C@H]1c1ccc(C)o1. The summed E-state index contributed by atoms with van der Waals surface area (Å²) >= 11 is 0. The quantitative estimate of drug-likeness (QED) is 0.913. The van der Waals surface area contributed by atoms with Crippen LogP contribution in [-0.4, -0.2) is 35.0 Å². The topological polar surface area (TPSA) is 71.3 Å². The van der Waals surface area contributed by atoms with Crippen LogP contribution in [0.1, 0.15) is 61.7 Å². The summed E-state index contributed by atoms with van der Waals surface area (Å²) in [7, 11) is 0. The highest BCUT2D eigenvalue weighted by Crippen LogP contribution is 2.35. The predicted octanol–water partition coefficient (Wildman–Crippen LogP) is 3.14. The van der Waals surface area contributed by atoms with E-state index < -0.39 is 0 Å². The Balaban J connectivity index is 1.57. The number of nitrogens with one attached hydrogen (secondary N) is 1. The van der Waals surface area contributed by atoms with Crippen LogP contribution < -0.4 is 10.2 Å². The van der Waals surface area contributed by atoms with Crippen LogP contribution in [0.15, 0.2) is 28.8 Å². The zero-order chi connectivity index (χ0) is 18.1. The van der Waals surface area contributed by atoms with E-state index in [9.17, 15) is 4.79 Å². The molecule has 0 unspecified atom stereocenters. The van der Waals surface area contributed by atoms with Gasteiger partial charge in [0.15, 0.2) is 0 Å². The van der Waals surface area contributed by atoms with E-state index in [1.165, 1.54) is 25.7 Å². The largest absolute Gasteiger partial charge is 0.466 e. The highest BCUT2D eigenvalue weighted by Gasteiger charge is 2.37. The van der Waals surface area contributed by atoms with E-state index in [0.29, 0.717) is 12.5 Å². The van der Waals surface area contributed by atoms with Crippen molar-refractivity contribution in [2.45, 2.75) is 57.4 Å². The molecule has 6 nitrogen and oxygen atoms in total. The van der Waals surface area contributed by atoms with Crippen LogP contribution in [0.4, 0.5) is 5.95 Å². The monoisotopic (exact) mass is 354 g/mol. The molecule has 0 aromatic carbocycles. The average molecular weight is 354 g/mol. The fraction of sp³-hybridized carbons (Fsp3) is 0.550. The average Bonchev–Trinajstić information content (AvgIpc) is 3.35. The number of furan rings is 1. The van der Waals surface area contributed by atoms with Gasteiger partial charge in [-0.05, 0) is 38.0 Å². The Bertz CT molecular complexity index is 782. The van der Waals surface area contributed by atoms with E-state index in [0.717, 1.165) is 29.7 Å². The fourth-order valence-corrected chi connectivity index (χ4v) is 4.28. The normalized spacial score (nSPS) is 23.5. The molecule has 6 heteroatoms. The van der Waals surface area contributed by atoms with Crippen molar-refractivity contribution in [3.63, 3.8) is 0 Å². The first-order valence-corrected chi connectivity index (χ1v) is 9.51. The van der Waals surface area contributed by atoms with Gasteiger partial charge < -0.3 is 14.6 Å². The van der Waals surface area contributed by atoms with Crippen molar-refractivity contribution >= 4 is 11.9 Å². The number of amides is 1. The van der Waals surface area contributed by atoms with Crippen molar-refractivity contribution < 1.29 is 9.21 Å². The predicted molar refractivity (Wildman–Crippen MR) is 99.2 cm³/mol. The summed E-state index contributed by atoms with van der Waals surface area (Å²) in [6.07, 6.45) is 6.89. The summed E-state index contributed by atoms with van der Waals surface area (Å²) in [4.78, 5) is 23.2. The Labute approximate surface area is 154 Å². The number of hydrogen-bond donors (Lipinski definition) is 1. The van der Waals surface area contributed by atoms with E-state index in [1.54, 1.807) is 6.92 Å². The molecule has 1 aliphatic carbocycles. The lowest BCUT2D eigenvalue weighted by Crippen LogP contribution is -2.38. The van der Waals surface area contributed by atoms with Crippen molar-refractivity contribution in [3.05, 3.63) is 41.6 Å². The second kappa shape index (κ2) is 7.09. The van der Waals surface area contributed by atoms with E-state index in [1.807, 2.05) is 31.3 Å². The molecule has 2 aromatic rings. The molecular weight excluding hydrogens is 328 g/mol. The van der Waals surface area contributed by atoms with Crippen LogP contribution in [0, 0.1) is 6.92 Å². The molecule has 2 fully saturated rings. The van der Waals surface area contributed by atoms with Gasteiger partial charge in [-0.15, -0.1) is 0 Å². The molecule has 2 aromatic heterocycles. The van der Waals surface area contributed by atoms with Crippen LogP contribution in [0.25, 0.3) is 0 Å². The van der Waals surface area contributed by atoms with Crippen molar-refractivity contribution in [3.8, 4) is 0 Å². The van der Waals surface area contributed by atoms with Crippen LogP contribution in [0.3, 0.4) is 0 Å². The Morgan fingerprint density at radius 1 is 1.23 bits per heavy atom. The van der Waals surface area contributed by atoms with Crippen molar-refractivity contribution in [2.24, 2.45) is 0 Å². The standard InChI is InChI=1S/C20H26N4O2/c1-13-7-8-19(26-13)16-11-24(12-18(16)22-14(2)25)20-21-10-9-17(23-20)15-5-3-4-6-15/h7-10,15-16,18H,3-6,11-12H2,1-2H3,(H,22,25)/t16-,18-/m1/s1. The van der Waals surface area contributed by atoms with Gasteiger partial charge in [0.05, 0.1) is 12.0 Å². The van der Waals surface area contributed by atoms with Crippen LogP contribution in [-0.2, 0) is 4.79 Å². The van der Waals surface area contributed by atoms with Gasteiger partial charge >= 0.3 is 0 Å². The molecule has 1 N–H and O–H groups in total. The van der Waals surface area contributed by atoms with Gasteiger partial charge in [0, 0.05) is 37.8 Å². The number of aryl methyl sites for hydroxylation is 1. The Morgan fingerprint density at radius 2 is 2.04 bits per heavy atom. The van der Waals surface area contributed by atoms with Gasteiger partial charge in [0.25, 0.3) is 0 Å². The van der Waals surface area contributed by atoms with Crippen LogP contribution >= 0.6 is 0 Å². The minimum atomic E-state index is -0.0225. The molecule has 1 saturated carbocycles. The number of carbonyl (C=O) groups excluding carboxylic acids is 1. The van der Waals surface area contributed by atoms with Crippen molar-refractivity contribution in [1.29, 1.82) is 0 Å². The lowest BCUT2D eigenvalue weighted by molar-refractivity contribution is -0.119. The summed E-state index contributed by atoms with van der Waals surface area (Å²) in [6, 6.07) is 6.03. The van der Waals surface area contributed by atoms with Gasteiger partial charge in [-0.25, -0.2) is 9.97 Å². The molecule has 2 atom stereocenters. The van der Waals surface area contributed by atoms with Gasteiger partial charge in [0.1, 0.15) is 11.5 Å². The van der Waals surface area contributed by atoms with Crippen LogP contribution in [0.5, 0.6) is 0 Å². The summed E-state index contributed by atoms with van der Waals surface area (Å²) in [5, 5.41) is 3.07. The molecule has 1 aliphatic heterocycles. The van der Waals surface area contributed by atoms with Gasteiger partial charge in [-0.2, -0.15) is 0 Å². The second-order valence-corrected chi connectivity index (χ2v) is 7.53. The third-order valence-corrected chi connectivity index (χ3v) is 5.56. The Hall–Kier alpha value is -2.37. The highest BCUT2D eigenvalue weighted by molar-refractivity contribution is 5.73. The number of nitrogens with zero attached hydrogens (tertiary/aromatic N) is 3. The molecule has 138 valence electrons. The van der Waals surface area contributed by atoms with Crippen LogP contribution in [0.2, 0.25) is 0 Å². The maximum Gasteiger partial charge on any atom is 0.225 e. The molecule has 4 rings (SSSR count). The molecular formula is C20H26N4O2. The van der Waals surface area contributed by atoms with E-state index in [4.69, 9.17) is 9.40 Å². The highest BCUT2D eigenvalue weighted by atomic mass is 16.3. The molecule has 1 saturated heterocycles. The maximum absolute atomic E-state index is 11.7. The van der Waals surface area contributed by atoms with Gasteiger partial charge in [-0.1, -0.05) is 12.8 Å². The first-order valence-electron chi connectivity index (χ1n) is 9.51. The summed E-state index contributed by atoms with van der Waals surface area (Å²) in [5.74, 6) is 3.21. The molecule has 1 amide bonds. The lowest BCUT2D eigenvalue weighted by atomic mass is 10.0. The molecule has 3 heterocycles. The second-order valence-electron chi connectivity index (χ2n) is 7.53. The lowest BCUT2D eigenvalue weighted by Gasteiger charge is -2.18. The molecule has 26 heavy (non-hydrogen) atoms. The van der Waals surface area contributed by atoms with Crippen molar-refractivity contribution in [1.82, 2.24) is 15.3 Å². The minimum absolute atomic E-state index is 0.00298. The summed E-state index contributed by atoms with van der Waals surface area (Å²) < 4.78 is 5.85. The van der Waals surface area contributed by atoms with E-state index in [2.05, 4.69) is 15.2 Å². The number of rotatable bonds is 4. The molecule has 2 aliphatic rings. The Morgan fingerprint density at radius 3 is 2.73 bits per heavy atom. The summed E-state index contributed by atoms with van der Waals surface area (Å²) in [5.41, 5.74) is 1.15. The van der Waals surface area contributed by atoms with E-state index >= 15 is 0 Å². The third kappa shape index (κ3) is 3.45. The zero-order valence-corrected chi connectivity index (χ0v) is 15.4. The first-order chi connectivity index (χ1) is 12.6. The minimum Gasteiger partial charge on any atom is -0.466 e. The van der Waals surface area contributed by atoms with Gasteiger partial charge in [0.2, 0.25) is 11.9 Å². The number of anilines is 1. The first kappa shape index (κ1) is 17.1. The maximum atomic E-state index is 11.7. The number of hydrogen-bond acceptors (Lipinski definition) is 5. The van der Waals surface area contributed by atoms with Gasteiger partial charge in [-0.3, -0.25) is 4.79 Å². The van der Waals surface area contributed by atoms with E-state index in [-0.39, 0.29) is 17.9 Å². The zero-order valence-electron chi connectivity index (χ0n) is 15.4. The molecule has 0 bridgehead atoms. The van der Waals surface area contributed by atoms with Crippen molar-refractivity contribution in [2.75, 3.05) is 18.0 Å². The summed E-state index contributed by atoms with van der Waals surface area (Å²) in [6.45, 7) is 4.94. The fourth-order valence-electron chi connectivity index (χ4n) is 4.28. The smallest absolute Gasteiger partial charge is 0.225 e.